The van der Waals surface area contributed by atoms with Crippen molar-refractivity contribution in [2.24, 2.45) is 23.7 Å². The summed E-state index contributed by atoms with van der Waals surface area (Å²) in [5, 5.41) is 0. The van der Waals surface area contributed by atoms with Crippen molar-refractivity contribution >= 4 is 11.9 Å². The van der Waals surface area contributed by atoms with Gasteiger partial charge in [-0.1, -0.05) is 108 Å². The second-order valence-electron chi connectivity index (χ2n) is 14.9. The van der Waals surface area contributed by atoms with Crippen molar-refractivity contribution in [3.05, 3.63) is 107 Å². The molecule has 0 aromatic heterocycles. The molecule has 3 aromatic rings. The van der Waals surface area contributed by atoms with Crippen LogP contribution in [0.15, 0.2) is 78.9 Å². The van der Waals surface area contributed by atoms with Gasteiger partial charge in [-0.05, 0) is 128 Å². The lowest BCUT2D eigenvalue weighted by Crippen LogP contribution is -2.20. The van der Waals surface area contributed by atoms with Crippen LogP contribution in [0.5, 0.6) is 0 Å². The summed E-state index contributed by atoms with van der Waals surface area (Å²) in [6, 6.07) is 25.4. The van der Waals surface area contributed by atoms with Gasteiger partial charge in [-0.2, -0.15) is 0 Å². The molecule has 0 saturated heterocycles. The van der Waals surface area contributed by atoms with Gasteiger partial charge in [0.05, 0.1) is 11.1 Å². The Balaban J connectivity index is 1.14. The third-order valence-electron chi connectivity index (χ3n) is 11.7. The first-order valence-electron chi connectivity index (χ1n) is 19.0. The fourth-order valence-corrected chi connectivity index (χ4v) is 8.51. The normalized spacial score (nSPS) is 23.1. The Morgan fingerprint density at radius 3 is 1.48 bits per heavy atom. The predicted octanol–water partition coefficient (Wildman–Crippen LogP) is 11.9. The molecule has 4 nitrogen and oxygen atoms in total. The van der Waals surface area contributed by atoms with Crippen molar-refractivity contribution in [3.63, 3.8) is 0 Å². The molecule has 0 aliphatic heterocycles. The molecule has 2 aliphatic carbocycles. The zero-order valence-corrected chi connectivity index (χ0v) is 29.9. The van der Waals surface area contributed by atoms with Crippen LogP contribution in [-0.4, -0.2) is 18.5 Å². The van der Waals surface area contributed by atoms with E-state index in [1.54, 1.807) is 0 Å². The van der Waals surface area contributed by atoms with Gasteiger partial charge in [0.25, 0.3) is 0 Å². The number of hydrogen-bond acceptors (Lipinski definition) is 4. The summed E-state index contributed by atoms with van der Waals surface area (Å²) in [6.45, 7) is 9.34. The minimum Gasteiger partial charge on any atom is -0.458 e. The van der Waals surface area contributed by atoms with Gasteiger partial charge in [-0.3, -0.25) is 0 Å². The lowest BCUT2D eigenvalue weighted by atomic mass is 9.73. The van der Waals surface area contributed by atoms with E-state index in [1.165, 1.54) is 88.2 Å². The molecule has 0 radical (unpaired) electrons. The molecule has 0 heterocycles. The van der Waals surface area contributed by atoms with Crippen molar-refractivity contribution < 1.29 is 19.1 Å². The number of carbonyl (C=O) groups is 2. The summed E-state index contributed by atoms with van der Waals surface area (Å²) < 4.78 is 11.7. The maximum Gasteiger partial charge on any atom is 0.338 e. The Hall–Kier alpha value is -3.40. The van der Waals surface area contributed by atoms with Crippen molar-refractivity contribution in [2.75, 3.05) is 6.61 Å². The van der Waals surface area contributed by atoms with Crippen molar-refractivity contribution in [3.8, 4) is 0 Å². The van der Waals surface area contributed by atoms with Crippen LogP contribution in [0.2, 0.25) is 0 Å². The van der Waals surface area contributed by atoms with E-state index in [4.69, 9.17) is 9.47 Å². The van der Waals surface area contributed by atoms with Gasteiger partial charge in [0, 0.05) is 0 Å². The van der Waals surface area contributed by atoms with Gasteiger partial charge in [0.2, 0.25) is 0 Å². The Labute approximate surface area is 290 Å². The van der Waals surface area contributed by atoms with E-state index in [0.717, 1.165) is 29.2 Å². The summed E-state index contributed by atoms with van der Waals surface area (Å²) in [4.78, 5) is 26.4. The van der Waals surface area contributed by atoms with Gasteiger partial charge in [-0.25, -0.2) is 9.59 Å². The van der Waals surface area contributed by atoms with E-state index in [9.17, 15) is 9.59 Å². The molecule has 2 aliphatic rings. The Morgan fingerprint density at radius 2 is 1.04 bits per heavy atom. The van der Waals surface area contributed by atoms with E-state index in [2.05, 4.69) is 52.0 Å². The van der Waals surface area contributed by atoms with Crippen LogP contribution < -0.4 is 0 Å². The monoisotopic (exact) mass is 650 g/mol. The zero-order valence-electron chi connectivity index (χ0n) is 29.9. The first-order valence-corrected chi connectivity index (χ1v) is 19.0. The molecule has 0 bridgehead atoms. The molecule has 0 spiro atoms. The van der Waals surface area contributed by atoms with Crippen LogP contribution in [0.25, 0.3) is 0 Å². The fraction of sp³-hybridized carbons (Fsp3) is 0.545. The van der Waals surface area contributed by atoms with Gasteiger partial charge < -0.3 is 9.47 Å². The van der Waals surface area contributed by atoms with E-state index in [-0.39, 0.29) is 6.61 Å². The van der Waals surface area contributed by atoms with E-state index in [0.29, 0.717) is 23.0 Å². The van der Waals surface area contributed by atoms with Gasteiger partial charge in [-0.15, -0.1) is 0 Å². The van der Waals surface area contributed by atoms with Crippen LogP contribution >= 0.6 is 0 Å². The largest absolute Gasteiger partial charge is 0.458 e. The fourth-order valence-electron chi connectivity index (χ4n) is 8.51. The van der Waals surface area contributed by atoms with Crippen LogP contribution in [0.1, 0.15) is 160 Å². The lowest BCUT2D eigenvalue weighted by molar-refractivity contribution is -0.00134. The molecule has 2 unspecified atom stereocenters. The summed E-state index contributed by atoms with van der Waals surface area (Å²) >= 11 is 0. The highest BCUT2D eigenvalue weighted by Crippen LogP contribution is 2.41. The highest BCUT2D eigenvalue weighted by molar-refractivity contribution is 5.90. The predicted molar refractivity (Wildman–Crippen MR) is 195 cm³/mol. The minimum atomic E-state index is -0.702. The Bertz CT molecular complexity index is 1400. The van der Waals surface area contributed by atoms with Crippen molar-refractivity contribution in [1.82, 2.24) is 0 Å². The minimum absolute atomic E-state index is 0.0475. The summed E-state index contributed by atoms with van der Waals surface area (Å²) in [6.07, 6.45) is 14.5. The maximum absolute atomic E-state index is 13.3. The number of ether oxygens (including phenoxy) is 2. The van der Waals surface area contributed by atoms with Crippen LogP contribution in [0.3, 0.4) is 0 Å². The molecule has 5 rings (SSSR count). The number of carbonyl (C=O) groups excluding carboxylic acids is 2. The molecular formula is C44H58O4. The average Bonchev–Trinajstić information content (AvgIpc) is 3.14. The summed E-state index contributed by atoms with van der Waals surface area (Å²) in [5.41, 5.74) is 4.45. The second-order valence-corrected chi connectivity index (χ2v) is 14.9. The average molecular weight is 651 g/mol. The first-order chi connectivity index (χ1) is 23.4. The second kappa shape index (κ2) is 17.8. The van der Waals surface area contributed by atoms with Crippen LogP contribution in [-0.2, 0) is 9.47 Å². The molecule has 258 valence electrons. The molecule has 3 aromatic carbocycles. The first kappa shape index (κ1) is 35.9. The molecule has 4 heteroatoms. The van der Waals surface area contributed by atoms with Gasteiger partial charge in [0.1, 0.15) is 6.61 Å². The topological polar surface area (TPSA) is 52.6 Å². The molecule has 2 fully saturated rings. The summed E-state index contributed by atoms with van der Waals surface area (Å²) in [5.74, 6) is 3.61. The van der Waals surface area contributed by atoms with Crippen LogP contribution in [0.4, 0.5) is 0 Å². The zero-order chi connectivity index (χ0) is 33.9. The van der Waals surface area contributed by atoms with E-state index < -0.39 is 18.0 Å². The quantitative estimate of drug-likeness (QED) is 0.163. The van der Waals surface area contributed by atoms with E-state index in [1.807, 2.05) is 54.6 Å². The molecular weight excluding hydrogens is 592 g/mol. The van der Waals surface area contributed by atoms with E-state index >= 15 is 0 Å². The highest BCUT2D eigenvalue weighted by Gasteiger charge is 2.28. The smallest absolute Gasteiger partial charge is 0.338 e. The van der Waals surface area contributed by atoms with Gasteiger partial charge >= 0.3 is 11.9 Å². The molecule has 2 saturated carbocycles. The van der Waals surface area contributed by atoms with Crippen LogP contribution in [0, 0.1) is 23.7 Å². The van der Waals surface area contributed by atoms with Crippen molar-refractivity contribution in [2.45, 2.75) is 123 Å². The summed E-state index contributed by atoms with van der Waals surface area (Å²) in [7, 11) is 0. The third kappa shape index (κ3) is 9.61. The number of benzene rings is 3. The SMILES string of the molecule is CCCC(C)[C@H]1CC[C@H](c2ccc(C(=O)OC[C@H](OC(=O)c3ccc([C@H]4CC[C@H](C(C)CCC)CC4)cc3)c3ccccc3)cc2)CC1. The standard InChI is InChI=1S/C44H58O4/c1-5-10-31(3)33-14-18-35(19-15-33)37-22-26-40(27-23-37)43(45)47-30-42(39-12-8-7-9-13-39)48-44(46)41-28-24-38(25-29-41)36-20-16-34(17-21-36)32(4)11-6-2/h7-9,12-13,22-29,31-36,42H,5-6,10-11,14-21,30H2,1-4H3/t31?,32?,33-,34-,35-,36-,42-/m0/s1. The molecule has 48 heavy (non-hydrogen) atoms. The number of hydrogen-bond donors (Lipinski definition) is 0. The van der Waals surface area contributed by atoms with Gasteiger partial charge in [0.15, 0.2) is 6.10 Å². The Morgan fingerprint density at radius 1 is 0.604 bits per heavy atom. The Kier molecular flexibility index (Phi) is 13.3. The number of esters is 2. The third-order valence-corrected chi connectivity index (χ3v) is 11.7. The lowest BCUT2D eigenvalue weighted by Gasteiger charge is -2.32. The van der Waals surface area contributed by atoms with Crippen molar-refractivity contribution in [1.29, 1.82) is 0 Å². The molecule has 3 atom stereocenters. The molecule has 0 N–H and O–H groups in total. The maximum atomic E-state index is 13.3. The molecule has 0 amide bonds. The highest BCUT2D eigenvalue weighted by atomic mass is 16.6. The number of rotatable bonds is 14.